The number of halogens is 3. The van der Waals surface area contributed by atoms with Crippen LogP contribution in [0.25, 0.3) is 21.3 Å². The summed E-state index contributed by atoms with van der Waals surface area (Å²) in [6.07, 6.45) is -3.57. The fourth-order valence-corrected chi connectivity index (χ4v) is 6.02. The van der Waals surface area contributed by atoms with Gasteiger partial charge in [-0.25, -0.2) is 14.8 Å². The van der Waals surface area contributed by atoms with E-state index in [0.717, 1.165) is 37.7 Å². The molecule has 0 bridgehead atoms. The van der Waals surface area contributed by atoms with E-state index in [2.05, 4.69) is 23.6 Å². The number of rotatable bonds is 6. The summed E-state index contributed by atoms with van der Waals surface area (Å²) in [6, 6.07) is 9.58. The average Bonchev–Trinajstić information content (AvgIpc) is 3.39. The molecule has 0 aliphatic carbocycles. The molecule has 0 spiro atoms. The Balaban J connectivity index is 0.000000532. The lowest BCUT2D eigenvalue weighted by molar-refractivity contribution is -0.192. The molecule has 0 unspecified atom stereocenters. The first-order chi connectivity index (χ1) is 18.0. The second kappa shape index (κ2) is 11.2. The van der Waals surface area contributed by atoms with E-state index in [9.17, 15) is 21.6 Å². The molecule has 9 nitrogen and oxygen atoms in total. The van der Waals surface area contributed by atoms with Gasteiger partial charge in [-0.05, 0) is 43.5 Å². The van der Waals surface area contributed by atoms with Crippen molar-refractivity contribution in [1.82, 2.24) is 14.5 Å². The van der Waals surface area contributed by atoms with Crippen LogP contribution in [0, 0.1) is 13.8 Å². The van der Waals surface area contributed by atoms with Crippen LogP contribution in [0.4, 0.5) is 18.9 Å². The third-order valence-electron chi connectivity index (χ3n) is 5.55. The van der Waals surface area contributed by atoms with Gasteiger partial charge in [0.05, 0.1) is 12.8 Å². The fourth-order valence-electron chi connectivity index (χ4n) is 3.64. The predicted octanol–water partition coefficient (Wildman–Crippen LogP) is 5.88. The van der Waals surface area contributed by atoms with Crippen molar-refractivity contribution in [3.05, 3.63) is 52.9 Å². The van der Waals surface area contributed by atoms with Crippen molar-refractivity contribution in [2.45, 2.75) is 44.8 Å². The number of hydrogen-bond donors (Lipinski definition) is 2. The second-order valence-corrected chi connectivity index (χ2v) is 11.5. The van der Waals surface area contributed by atoms with Gasteiger partial charge < -0.3 is 14.4 Å². The Labute approximate surface area is 227 Å². The van der Waals surface area contributed by atoms with E-state index in [-0.39, 0.29) is 10.9 Å². The molecule has 0 aliphatic rings. The number of carboxylic acids is 1. The molecule has 14 heteroatoms. The number of carboxylic acid groups (broad SMARTS) is 1. The van der Waals surface area contributed by atoms with Crippen LogP contribution < -0.4 is 9.46 Å². The molecule has 3 aromatic heterocycles. The summed E-state index contributed by atoms with van der Waals surface area (Å²) in [5.74, 6) is -1.16. The Bertz CT molecular complexity index is 1610. The number of carbonyl (C=O) groups is 1. The van der Waals surface area contributed by atoms with Gasteiger partial charge in [0.15, 0.2) is 5.03 Å². The maximum absolute atomic E-state index is 13.2. The van der Waals surface area contributed by atoms with E-state index >= 15 is 0 Å². The molecule has 0 aliphatic heterocycles. The molecule has 0 saturated heterocycles. The smallest absolute Gasteiger partial charge is 0.490 e. The van der Waals surface area contributed by atoms with E-state index < -0.39 is 22.2 Å². The molecule has 0 amide bonds. The minimum atomic E-state index is -5.08. The largest absolute Gasteiger partial charge is 0.497 e. The summed E-state index contributed by atoms with van der Waals surface area (Å²) >= 11 is 1.59. The molecule has 39 heavy (non-hydrogen) atoms. The average molecular weight is 585 g/mol. The molecule has 0 fully saturated rings. The molecule has 0 atom stereocenters. The predicted molar refractivity (Wildman–Crippen MR) is 143 cm³/mol. The number of sulfonamides is 1. The van der Waals surface area contributed by atoms with Crippen LogP contribution in [0.3, 0.4) is 0 Å². The SMILES string of the molecule is COc1cccc(-c2c(C(C)C)sc3nc(C)cc(NS(=O)(=O)c4cn(C)c(C)n4)c23)c1.O=C(O)C(F)(F)F. The lowest BCUT2D eigenvalue weighted by atomic mass is 9.97. The van der Waals surface area contributed by atoms with Gasteiger partial charge in [0.25, 0.3) is 10.0 Å². The highest BCUT2D eigenvalue weighted by atomic mass is 32.2. The van der Waals surface area contributed by atoms with Gasteiger partial charge in [0.2, 0.25) is 0 Å². The molecule has 2 N–H and O–H groups in total. The van der Waals surface area contributed by atoms with Crippen LogP contribution >= 0.6 is 11.3 Å². The van der Waals surface area contributed by atoms with Gasteiger partial charge in [-0.1, -0.05) is 26.0 Å². The topological polar surface area (TPSA) is 123 Å². The maximum atomic E-state index is 13.2. The van der Waals surface area contributed by atoms with Gasteiger partial charge in [-0.3, -0.25) is 4.72 Å². The molecule has 4 aromatic rings. The number of alkyl halides is 3. The van der Waals surface area contributed by atoms with Crippen molar-refractivity contribution in [3.63, 3.8) is 0 Å². The third kappa shape index (κ3) is 6.68. The number of benzene rings is 1. The van der Waals surface area contributed by atoms with E-state index in [0.29, 0.717) is 11.5 Å². The number of pyridine rings is 1. The Morgan fingerprint density at radius 1 is 1.18 bits per heavy atom. The summed E-state index contributed by atoms with van der Waals surface area (Å²) in [4.78, 5) is 19.8. The lowest BCUT2D eigenvalue weighted by Gasteiger charge is -2.13. The number of hydrogen-bond acceptors (Lipinski definition) is 7. The first kappa shape index (κ1) is 29.9. The number of methoxy groups -OCH3 is 1. The van der Waals surface area contributed by atoms with Crippen LogP contribution in [0.5, 0.6) is 5.75 Å². The number of aromatic nitrogens is 3. The summed E-state index contributed by atoms with van der Waals surface area (Å²) in [5.41, 5.74) is 3.17. The number of aryl methyl sites for hydroxylation is 3. The number of imidazole rings is 1. The van der Waals surface area contributed by atoms with Crippen LogP contribution in [0.15, 0.2) is 41.6 Å². The summed E-state index contributed by atoms with van der Waals surface area (Å²) < 4.78 is 68.0. The van der Waals surface area contributed by atoms with Crippen LogP contribution in [0.2, 0.25) is 0 Å². The maximum Gasteiger partial charge on any atom is 0.490 e. The molecule has 210 valence electrons. The van der Waals surface area contributed by atoms with E-state index in [1.807, 2.05) is 31.2 Å². The van der Waals surface area contributed by atoms with Crippen molar-refractivity contribution >= 4 is 43.2 Å². The summed E-state index contributed by atoms with van der Waals surface area (Å²) in [6.45, 7) is 7.88. The zero-order chi connectivity index (χ0) is 29.3. The quantitative estimate of drug-likeness (QED) is 0.290. The van der Waals surface area contributed by atoms with Crippen molar-refractivity contribution in [2.75, 3.05) is 11.8 Å². The second-order valence-electron chi connectivity index (χ2n) is 8.86. The zero-order valence-corrected chi connectivity index (χ0v) is 23.5. The molecule has 0 saturated carbocycles. The Morgan fingerprint density at radius 3 is 2.33 bits per heavy atom. The molecule has 0 radical (unpaired) electrons. The van der Waals surface area contributed by atoms with Crippen molar-refractivity contribution in [1.29, 1.82) is 0 Å². The van der Waals surface area contributed by atoms with Gasteiger partial charge in [0.1, 0.15) is 16.4 Å². The number of nitrogens with zero attached hydrogens (tertiary/aromatic N) is 3. The van der Waals surface area contributed by atoms with Crippen molar-refractivity contribution in [3.8, 4) is 16.9 Å². The third-order valence-corrected chi connectivity index (χ3v) is 8.17. The van der Waals surface area contributed by atoms with E-state index in [1.54, 1.807) is 43.1 Å². The summed E-state index contributed by atoms with van der Waals surface area (Å²) in [7, 11) is -0.475. The number of ether oxygens (including phenoxy) is 1. The highest BCUT2D eigenvalue weighted by Gasteiger charge is 2.38. The van der Waals surface area contributed by atoms with Gasteiger partial charge in [-0.15, -0.1) is 11.3 Å². The van der Waals surface area contributed by atoms with Gasteiger partial charge >= 0.3 is 12.1 Å². The number of aliphatic carboxylic acids is 1. The van der Waals surface area contributed by atoms with Crippen molar-refractivity contribution in [2.24, 2.45) is 7.05 Å². The Hall–Kier alpha value is -3.65. The van der Waals surface area contributed by atoms with Crippen LogP contribution in [-0.2, 0) is 21.9 Å². The molecule has 4 rings (SSSR count). The van der Waals surface area contributed by atoms with Gasteiger partial charge in [-0.2, -0.15) is 21.6 Å². The number of thiophene rings is 1. The van der Waals surface area contributed by atoms with Crippen molar-refractivity contribution < 1.29 is 36.2 Å². The van der Waals surface area contributed by atoms with Crippen LogP contribution in [0.1, 0.15) is 36.2 Å². The van der Waals surface area contributed by atoms with E-state index in [1.165, 1.54) is 6.20 Å². The highest BCUT2D eigenvalue weighted by Crippen LogP contribution is 2.46. The van der Waals surface area contributed by atoms with Crippen LogP contribution in [-0.4, -0.2) is 47.3 Å². The normalized spacial score (nSPS) is 11.8. The first-order valence-corrected chi connectivity index (χ1v) is 13.8. The molecule has 1 aromatic carbocycles. The monoisotopic (exact) mass is 584 g/mol. The standard InChI is InChI=1S/C23H26N4O3S2.C2HF3O2/c1-13(2)22-20(16-8-7-9-17(11-16)30-6)21-18(10-14(3)24-23(21)31-22)26-32(28,29)19-12-27(5)15(4)25-19;3-2(4,5)1(6)7/h7-13H,1-6H3,(H,24,26);(H,6,7). The fraction of sp³-hybridized carbons (Fsp3) is 0.320. The number of anilines is 1. The number of fused-ring (bicyclic) bond motifs is 1. The lowest BCUT2D eigenvalue weighted by Crippen LogP contribution is -2.21. The zero-order valence-electron chi connectivity index (χ0n) is 21.9. The summed E-state index contributed by atoms with van der Waals surface area (Å²) in [5, 5.41) is 7.90. The van der Waals surface area contributed by atoms with E-state index in [4.69, 9.17) is 19.6 Å². The first-order valence-electron chi connectivity index (χ1n) is 11.5. The Morgan fingerprint density at radius 2 is 1.82 bits per heavy atom. The highest BCUT2D eigenvalue weighted by molar-refractivity contribution is 7.92. The minimum Gasteiger partial charge on any atom is -0.497 e. The van der Waals surface area contributed by atoms with Gasteiger partial charge in [0, 0.05) is 34.8 Å². The molecule has 3 heterocycles. The minimum absolute atomic E-state index is 0.0117. The molecular weight excluding hydrogens is 557 g/mol. The Kier molecular flexibility index (Phi) is 8.60. The molecular formula is C25H27F3N4O5S2. The number of nitrogens with one attached hydrogen (secondary N) is 1.